The van der Waals surface area contributed by atoms with Gasteiger partial charge in [-0.3, -0.25) is 18.6 Å². The van der Waals surface area contributed by atoms with E-state index in [0.29, 0.717) is 6.42 Å². The lowest BCUT2D eigenvalue weighted by atomic mass is 10.0. The number of carbonyl (C=O) groups is 2. The van der Waals surface area contributed by atoms with Crippen LogP contribution >= 0.6 is 7.82 Å². The molecule has 0 aromatic rings. The summed E-state index contributed by atoms with van der Waals surface area (Å²) in [5, 5.41) is 0. The second-order valence-electron chi connectivity index (χ2n) is 14.0. The molecule has 0 saturated heterocycles. The molecule has 2 atom stereocenters. The van der Waals surface area contributed by atoms with Crippen LogP contribution < -0.4 is 0 Å². The number of hydrogen-bond acceptors (Lipinski definition) is 7. The van der Waals surface area contributed by atoms with Crippen molar-refractivity contribution in [1.29, 1.82) is 0 Å². The first-order chi connectivity index (χ1) is 26.3. The molecule has 0 heterocycles. The minimum atomic E-state index is -4.30. The van der Waals surface area contributed by atoms with Crippen LogP contribution in [0.5, 0.6) is 0 Å². The van der Waals surface area contributed by atoms with E-state index in [0.717, 1.165) is 44.9 Å². The van der Waals surface area contributed by atoms with Crippen molar-refractivity contribution in [3.63, 3.8) is 0 Å². The number of phosphoric ester groups is 1. The van der Waals surface area contributed by atoms with Crippen LogP contribution in [0.15, 0.2) is 60.8 Å². The maximum absolute atomic E-state index is 12.5. The standard InChI is InChI=1S/C45H79O8P/c1-4-7-9-11-13-15-17-19-21-22-23-24-26-27-29-31-33-35-37-39-44(46)50-41-43(42-52-54(48,49)51-6-3)53-45(47)40-38-36-34-32-30-28-25-20-18-16-14-12-10-8-5-2/h8,10,14,16,20,25,30,32,36,38,43H,4-7,9,11-13,15,17-19,21-24,26-29,31,33-35,37,39-42H2,1-3H3,(H,48,49)/b10-8-,16-14-,25-20-,32-30-,38-36-. The monoisotopic (exact) mass is 779 g/mol. The lowest BCUT2D eigenvalue weighted by Gasteiger charge is -2.19. The molecular formula is C45H79O8P. The third-order valence-electron chi connectivity index (χ3n) is 8.87. The van der Waals surface area contributed by atoms with Crippen molar-refractivity contribution < 1.29 is 37.6 Å². The van der Waals surface area contributed by atoms with Gasteiger partial charge in [-0.15, -0.1) is 0 Å². The zero-order chi connectivity index (χ0) is 39.6. The Morgan fingerprint density at radius 3 is 1.35 bits per heavy atom. The van der Waals surface area contributed by atoms with Gasteiger partial charge in [0.15, 0.2) is 6.10 Å². The first-order valence-corrected chi connectivity index (χ1v) is 23.1. The quantitative estimate of drug-likeness (QED) is 0.0284. The van der Waals surface area contributed by atoms with Crippen LogP contribution in [-0.2, 0) is 32.7 Å². The normalized spacial score (nSPS) is 13.9. The van der Waals surface area contributed by atoms with Crippen LogP contribution in [0.1, 0.15) is 188 Å². The zero-order valence-electron chi connectivity index (χ0n) is 34.6. The second-order valence-corrected chi connectivity index (χ2v) is 15.5. The van der Waals surface area contributed by atoms with Gasteiger partial charge in [-0.25, -0.2) is 4.57 Å². The Morgan fingerprint density at radius 2 is 0.926 bits per heavy atom. The van der Waals surface area contributed by atoms with Gasteiger partial charge in [-0.05, 0) is 45.4 Å². The van der Waals surface area contributed by atoms with E-state index in [1.54, 1.807) is 13.0 Å². The fourth-order valence-corrected chi connectivity index (χ4v) is 6.52. The minimum absolute atomic E-state index is 0.0135. The van der Waals surface area contributed by atoms with Gasteiger partial charge in [-0.2, -0.15) is 0 Å². The minimum Gasteiger partial charge on any atom is -0.462 e. The van der Waals surface area contributed by atoms with E-state index in [4.69, 9.17) is 18.5 Å². The van der Waals surface area contributed by atoms with E-state index in [1.165, 1.54) is 103 Å². The summed E-state index contributed by atoms with van der Waals surface area (Å²) in [7, 11) is -4.30. The largest absolute Gasteiger partial charge is 0.472 e. The van der Waals surface area contributed by atoms with Crippen molar-refractivity contribution in [3.05, 3.63) is 60.8 Å². The number of esters is 2. The Hall–Kier alpha value is -2.25. The summed E-state index contributed by atoms with van der Waals surface area (Å²) in [5.41, 5.74) is 0. The van der Waals surface area contributed by atoms with Crippen molar-refractivity contribution in [2.75, 3.05) is 19.8 Å². The molecule has 1 N–H and O–H groups in total. The van der Waals surface area contributed by atoms with E-state index >= 15 is 0 Å². The molecule has 312 valence electrons. The topological polar surface area (TPSA) is 108 Å². The number of hydrogen-bond donors (Lipinski definition) is 1. The van der Waals surface area contributed by atoms with Gasteiger partial charge in [-0.1, -0.05) is 190 Å². The lowest BCUT2D eigenvalue weighted by Crippen LogP contribution is -2.29. The fraction of sp³-hybridized carbons (Fsp3) is 0.733. The molecule has 0 rings (SSSR count). The summed E-state index contributed by atoms with van der Waals surface area (Å²) in [6.45, 7) is 5.26. The van der Waals surface area contributed by atoms with E-state index in [9.17, 15) is 19.0 Å². The van der Waals surface area contributed by atoms with Gasteiger partial charge >= 0.3 is 19.8 Å². The molecule has 0 aromatic carbocycles. The zero-order valence-corrected chi connectivity index (χ0v) is 35.5. The number of phosphoric acid groups is 1. The molecule has 9 heteroatoms. The molecule has 0 aliphatic carbocycles. The number of ether oxygens (including phenoxy) is 2. The summed E-state index contributed by atoms with van der Waals surface area (Å²) in [6, 6.07) is 0. The van der Waals surface area contributed by atoms with Gasteiger partial charge < -0.3 is 14.4 Å². The van der Waals surface area contributed by atoms with Crippen LogP contribution in [0.3, 0.4) is 0 Å². The molecule has 0 spiro atoms. The highest BCUT2D eigenvalue weighted by Crippen LogP contribution is 2.43. The van der Waals surface area contributed by atoms with Crippen molar-refractivity contribution >= 4 is 19.8 Å². The summed E-state index contributed by atoms with van der Waals surface area (Å²) in [4.78, 5) is 34.7. The highest BCUT2D eigenvalue weighted by atomic mass is 31.2. The van der Waals surface area contributed by atoms with E-state index in [-0.39, 0.29) is 26.1 Å². The lowest BCUT2D eigenvalue weighted by molar-refractivity contribution is -0.160. The Kier molecular flexibility index (Phi) is 38.7. The summed E-state index contributed by atoms with van der Waals surface area (Å²) in [5.74, 6) is -0.943. The van der Waals surface area contributed by atoms with Gasteiger partial charge in [0.25, 0.3) is 0 Å². The number of carbonyl (C=O) groups excluding carboxylic acids is 2. The molecule has 2 unspecified atom stereocenters. The first kappa shape index (κ1) is 51.8. The molecular weight excluding hydrogens is 699 g/mol. The maximum Gasteiger partial charge on any atom is 0.472 e. The summed E-state index contributed by atoms with van der Waals surface area (Å²) < 4.78 is 32.5. The van der Waals surface area contributed by atoms with Crippen molar-refractivity contribution in [1.82, 2.24) is 0 Å². The van der Waals surface area contributed by atoms with E-state index < -0.39 is 32.5 Å². The van der Waals surface area contributed by atoms with Crippen LogP contribution in [0.4, 0.5) is 0 Å². The number of unbranched alkanes of at least 4 members (excludes halogenated alkanes) is 18. The molecule has 0 fully saturated rings. The fourth-order valence-electron chi connectivity index (χ4n) is 5.76. The third-order valence-corrected chi connectivity index (χ3v) is 9.93. The first-order valence-electron chi connectivity index (χ1n) is 21.6. The maximum atomic E-state index is 12.5. The molecule has 0 aromatic heterocycles. The molecule has 0 bridgehead atoms. The Balaban J connectivity index is 4.15. The van der Waals surface area contributed by atoms with Gasteiger partial charge in [0, 0.05) is 6.42 Å². The molecule has 54 heavy (non-hydrogen) atoms. The predicted molar refractivity (Wildman–Crippen MR) is 225 cm³/mol. The SMILES string of the molecule is CC/C=C\C/C=C\C/C=C\C/C=C\C/C=C\CC(=O)OC(COC(=O)CCCCCCCCCCCCCCCCCCCCC)COP(=O)(O)OCC. The highest BCUT2D eigenvalue weighted by Gasteiger charge is 2.25. The van der Waals surface area contributed by atoms with Crippen molar-refractivity contribution in [3.8, 4) is 0 Å². The van der Waals surface area contributed by atoms with E-state index in [1.807, 2.05) is 12.2 Å². The Bertz CT molecular complexity index is 1060. The molecule has 0 radical (unpaired) electrons. The molecule has 8 nitrogen and oxygen atoms in total. The molecule has 0 amide bonds. The van der Waals surface area contributed by atoms with E-state index in [2.05, 4.69) is 56.4 Å². The predicted octanol–water partition coefficient (Wildman–Crippen LogP) is 13.6. The molecule has 0 aliphatic rings. The van der Waals surface area contributed by atoms with Crippen LogP contribution in [0.25, 0.3) is 0 Å². The number of allylic oxidation sites excluding steroid dienone is 9. The summed E-state index contributed by atoms with van der Waals surface area (Å²) in [6.07, 6.45) is 48.8. The second kappa shape index (κ2) is 40.4. The summed E-state index contributed by atoms with van der Waals surface area (Å²) >= 11 is 0. The third kappa shape index (κ3) is 39.4. The van der Waals surface area contributed by atoms with Gasteiger partial charge in [0.05, 0.1) is 19.6 Å². The Labute approximate surface area is 330 Å². The van der Waals surface area contributed by atoms with Gasteiger partial charge in [0.2, 0.25) is 0 Å². The van der Waals surface area contributed by atoms with Crippen LogP contribution in [0, 0.1) is 0 Å². The molecule has 0 saturated carbocycles. The number of rotatable bonds is 39. The van der Waals surface area contributed by atoms with Crippen LogP contribution in [0.2, 0.25) is 0 Å². The average molecular weight is 779 g/mol. The van der Waals surface area contributed by atoms with Crippen molar-refractivity contribution in [2.24, 2.45) is 0 Å². The van der Waals surface area contributed by atoms with Crippen molar-refractivity contribution in [2.45, 2.75) is 194 Å². The van der Waals surface area contributed by atoms with Crippen LogP contribution in [-0.4, -0.2) is 42.8 Å². The Morgan fingerprint density at radius 1 is 0.519 bits per heavy atom. The molecule has 0 aliphatic heterocycles. The average Bonchev–Trinajstić information content (AvgIpc) is 3.15. The smallest absolute Gasteiger partial charge is 0.462 e. The van der Waals surface area contributed by atoms with Gasteiger partial charge in [0.1, 0.15) is 6.61 Å². The highest BCUT2D eigenvalue weighted by molar-refractivity contribution is 7.47.